The SMILES string of the molecule is CCOc1cccc2sc(NC(=O)COc3ccc(C(C)(C)CC(C)(C)C)cc3)nc12. The number of carbonyl (C=O) groups is 1. The second-order valence-electron chi connectivity index (χ2n) is 9.54. The third-order valence-corrected chi connectivity index (χ3v) is 5.84. The van der Waals surface area contributed by atoms with Crippen molar-refractivity contribution in [3.63, 3.8) is 0 Å². The van der Waals surface area contributed by atoms with Crippen LogP contribution in [0.1, 0.15) is 53.5 Å². The van der Waals surface area contributed by atoms with Gasteiger partial charge in [0.05, 0.1) is 11.3 Å². The van der Waals surface area contributed by atoms with Crippen LogP contribution in [0.3, 0.4) is 0 Å². The van der Waals surface area contributed by atoms with Crippen LogP contribution in [0.15, 0.2) is 42.5 Å². The Balaban J connectivity index is 1.59. The summed E-state index contributed by atoms with van der Waals surface area (Å²) in [7, 11) is 0. The smallest absolute Gasteiger partial charge is 0.264 e. The van der Waals surface area contributed by atoms with Crippen LogP contribution in [0, 0.1) is 5.41 Å². The molecule has 0 atom stereocenters. The van der Waals surface area contributed by atoms with Gasteiger partial charge in [-0.15, -0.1) is 0 Å². The average Bonchev–Trinajstić information content (AvgIpc) is 3.08. The molecule has 166 valence electrons. The lowest BCUT2D eigenvalue weighted by atomic mass is 9.72. The van der Waals surface area contributed by atoms with Crippen LogP contribution < -0.4 is 14.8 Å². The van der Waals surface area contributed by atoms with Crippen molar-refractivity contribution < 1.29 is 14.3 Å². The molecule has 3 aromatic rings. The van der Waals surface area contributed by atoms with E-state index in [0.29, 0.717) is 17.5 Å². The van der Waals surface area contributed by atoms with E-state index < -0.39 is 0 Å². The van der Waals surface area contributed by atoms with E-state index in [-0.39, 0.29) is 23.3 Å². The van der Waals surface area contributed by atoms with Gasteiger partial charge in [0.2, 0.25) is 0 Å². The van der Waals surface area contributed by atoms with E-state index >= 15 is 0 Å². The molecular formula is C25H32N2O3S. The van der Waals surface area contributed by atoms with Gasteiger partial charge in [0.25, 0.3) is 5.91 Å². The van der Waals surface area contributed by atoms with Crippen LogP contribution >= 0.6 is 11.3 Å². The van der Waals surface area contributed by atoms with E-state index in [1.54, 1.807) is 0 Å². The van der Waals surface area contributed by atoms with Gasteiger partial charge in [-0.1, -0.05) is 64.2 Å². The number of para-hydroxylation sites is 1. The van der Waals surface area contributed by atoms with E-state index in [2.05, 4.69) is 57.1 Å². The summed E-state index contributed by atoms with van der Waals surface area (Å²) in [6, 6.07) is 13.8. The van der Waals surface area contributed by atoms with Gasteiger partial charge in [-0.3, -0.25) is 10.1 Å². The molecule has 0 aliphatic heterocycles. The number of hydrogen-bond donors (Lipinski definition) is 1. The normalized spacial score (nSPS) is 12.1. The summed E-state index contributed by atoms with van der Waals surface area (Å²) in [6.45, 7) is 13.7. The lowest BCUT2D eigenvalue weighted by molar-refractivity contribution is -0.118. The summed E-state index contributed by atoms with van der Waals surface area (Å²) in [6.07, 6.45) is 1.08. The van der Waals surface area contributed by atoms with Gasteiger partial charge in [0, 0.05) is 0 Å². The second-order valence-corrected chi connectivity index (χ2v) is 10.6. The quantitative estimate of drug-likeness (QED) is 0.439. The first kappa shape index (κ1) is 23.1. The molecule has 0 unspecified atom stereocenters. The van der Waals surface area contributed by atoms with Crippen LogP contribution in [0.2, 0.25) is 0 Å². The Morgan fingerprint density at radius 3 is 2.39 bits per heavy atom. The molecule has 1 amide bonds. The third-order valence-electron chi connectivity index (χ3n) is 4.91. The molecule has 0 bridgehead atoms. The van der Waals surface area contributed by atoms with E-state index in [9.17, 15) is 4.79 Å². The number of nitrogens with zero attached hydrogens (tertiary/aromatic N) is 1. The molecule has 1 aromatic heterocycles. The molecule has 6 heteroatoms. The number of aromatic nitrogens is 1. The number of ether oxygens (including phenoxy) is 2. The first-order valence-corrected chi connectivity index (χ1v) is 11.4. The Kier molecular flexibility index (Phi) is 6.90. The minimum Gasteiger partial charge on any atom is -0.492 e. The maximum atomic E-state index is 12.4. The number of anilines is 1. The van der Waals surface area contributed by atoms with Crippen LogP contribution in [0.5, 0.6) is 11.5 Å². The number of fused-ring (bicyclic) bond motifs is 1. The monoisotopic (exact) mass is 440 g/mol. The van der Waals surface area contributed by atoms with Crippen LogP contribution in [0.4, 0.5) is 5.13 Å². The molecule has 2 aromatic carbocycles. The van der Waals surface area contributed by atoms with E-state index in [0.717, 1.165) is 22.4 Å². The zero-order valence-electron chi connectivity index (χ0n) is 19.2. The molecule has 0 saturated heterocycles. The van der Waals surface area contributed by atoms with Crippen molar-refractivity contribution in [1.29, 1.82) is 0 Å². The fraction of sp³-hybridized carbons (Fsp3) is 0.440. The van der Waals surface area contributed by atoms with E-state index in [1.165, 1.54) is 16.9 Å². The second kappa shape index (κ2) is 9.27. The summed E-state index contributed by atoms with van der Waals surface area (Å²) in [5.41, 5.74) is 2.35. The third kappa shape index (κ3) is 6.20. The van der Waals surface area contributed by atoms with Gasteiger partial charge in [0.1, 0.15) is 17.0 Å². The number of hydrogen-bond acceptors (Lipinski definition) is 5. The summed E-state index contributed by atoms with van der Waals surface area (Å²) in [4.78, 5) is 16.9. The molecule has 0 aliphatic rings. The Hall–Kier alpha value is -2.60. The Labute approximate surface area is 188 Å². The first-order valence-electron chi connectivity index (χ1n) is 10.6. The van der Waals surface area contributed by atoms with E-state index in [1.807, 2.05) is 37.3 Å². The van der Waals surface area contributed by atoms with Crippen molar-refractivity contribution in [3.05, 3.63) is 48.0 Å². The molecular weight excluding hydrogens is 408 g/mol. The molecule has 3 rings (SSSR count). The molecule has 1 heterocycles. The number of nitrogens with one attached hydrogen (secondary N) is 1. The number of rotatable bonds is 8. The maximum absolute atomic E-state index is 12.4. The van der Waals surface area contributed by atoms with Gasteiger partial charge < -0.3 is 9.47 Å². The highest BCUT2D eigenvalue weighted by Crippen LogP contribution is 2.36. The Morgan fingerprint density at radius 1 is 1.03 bits per heavy atom. The summed E-state index contributed by atoms with van der Waals surface area (Å²) < 4.78 is 12.3. The maximum Gasteiger partial charge on any atom is 0.264 e. The zero-order chi connectivity index (χ0) is 22.6. The van der Waals surface area contributed by atoms with Crippen molar-refractivity contribution >= 4 is 32.6 Å². The van der Waals surface area contributed by atoms with Crippen molar-refractivity contribution in [2.75, 3.05) is 18.5 Å². The fourth-order valence-electron chi connectivity index (χ4n) is 3.98. The highest BCUT2D eigenvalue weighted by molar-refractivity contribution is 7.22. The van der Waals surface area contributed by atoms with Crippen LogP contribution in [0.25, 0.3) is 10.2 Å². The molecule has 0 aliphatic carbocycles. The summed E-state index contributed by atoms with van der Waals surface area (Å²) in [5.74, 6) is 1.16. The van der Waals surface area contributed by atoms with E-state index in [4.69, 9.17) is 9.47 Å². The summed E-state index contributed by atoms with van der Waals surface area (Å²) in [5, 5.41) is 3.36. The highest BCUT2D eigenvalue weighted by Gasteiger charge is 2.27. The lowest BCUT2D eigenvalue weighted by Gasteiger charge is -2.33. The number of amides is 1. The predicted molar refractivity (Wildman–Crippen MR) is 128 cm³/mol. The van der Waals surface area contributed by atoms with Crippen molar-refractivity contribution in [3.8, 4) is 11.5 Å². The zero-order valence-corrected chi connectivity index (χ0v) is 20.1. The van der Waals surface area contributed by atoms with Crippen molar-refractivity contribution in [1.82, 2.24) is 4.98 Å². The first-order chi connectivity index (χ1) is 14.6. The Bertz CT molecular complexity index is 1030. The molecule has 0 saturated carbocycles. The molecule has 31 heavy (non-hydrogen) atoms. The minimum atomic E-state index is -0.242. The lowest BCUT2D eigenvalue weighted by Crippen LogP contribution is -2.24. The van der Waals surface area contributed by atoms with Crippen molar-refractivity contribution in [2.24, 2.45) is 5.41 Å². The number of carbonyl (C=O) groups excluding carboxylic acids is 1. The number of benzene rings is 2. The van der Waals surface area contributed by atoms with Gasteiger partial charge in [-0.25, -0.2) is 4.98 Å². The van der Waals surface area contributed by atoms with Gasteiger partial charge >= 0.3 is 0 Å². The molecule has 1 N–H and O–H groups in total. The minimum absolute atomic E-state index is 0.0705. The topological polar surface area (TPSA) is 60.5 Å². The molecule has 0 radical (unpaired) electrons. The molecule has 5 nitrogen and oxygen atoms in total. The highest BCUT2D eigenvalue weighted by atomic mass is 32.1. The Morgan fingerprint density at radius 2 is 1.74 bits per heavy atom. The van der Waals surface area contributed by atoms with Gasteiger partial charge in [-0.05, 0) is 54.0 Å². The standard InChI is InChI=1S/C25H32N2O3S/c1-7-29-19-9-8-10-20-22(19)27-23(31-20)26-21(28)15-30-18-13-11-17(12-14-18)25(5,6)16-24(2,3)4/h8-14H,7,15-16H2,1-6H3,(H,26,27,28). The van der Waals surface area contributed by atoms with Crippen LogP contribution in [-0.4, -0.2) is 24.1 Å². The largest absolute Gasteiger partial charge is 0.492 e. The predicted octanol–water partition coefficient (Wildman–Crippen LogP) is 6.43. The average molecular weight is 441 g/mol. The summed E-state index contributed by atoms with van der Waals surface area (Å²) >= 11 is 1.42. The molecule has 0 fully saturated rings. The fourth-order valence-corrected chi connectivity index (χ4v) is 4.88. The molecule has 0 spiro atoms. The number of thiazole rings is 1. The van der Waals surface area contributed by atoms with Gasteiger partial charge in [0.15, 0.2) is 11.7 Å². The van der Waals surface area contributed by atoms with Crippen LogP contribution in [-0.2, 0) is 10.2 Å². The van der Waals surface area contributed by atoms with Gasteiger partial charge in [-0.2, -0.15) is 0 Å². The van der Waals surface area contributed by atoms with Crippen molar-refractivity contribution in [2.45, 2.75) is 53.4 Å².